The molecule has 0 saturated carbocycles. The van der Waals surface area contributed by atoms with Crippen molar-refractivity contribution < 1.29 is 67.6 Å². The molecule has 0 fully saturated rings. The molecule has 3 rings (SSSR count). The smallest absolute Gasteiger partial charge is 0.407 e. The fourth-order valence-corrected chi connectivity index (χ4v) is 6.65. The maximum Gasteiger partial charge on any atom is 0.407 e. The Morgan fingerprint density at radius 3 is 1.49 bits per heavy atom. The molecule has 0 spiro atoms. The lowest BCUT2D eigenvalue weighted by molar-refractivity contribution is -0.145. The predicted octanol–water partition coefficient (Wildman–Crippen LogP) is -0.477. The molecule has 0 unspecified atom stereocenters. The van der Waals surface area contributed by atoms with E-state index in [1.54, 1.807) is 78.9 Å². The molecular formula is C49H67N9O14. The second-order valence-corrected chi connectivity index (χ2v) is 16.8. The third-order valence-corrected chi connectivity index (χ3v) is 10.8. The zero-order valence-corrected chi connectivity index (χ0v) is 40.5. The highest BCUT2D eigenvalue weighted by Gasteiger charge is 2.33. The zero-order valence-electron chi connectivity index (χ0n) is 40.5. The summed E-state index contributed by atoms with van der Waals surface area (Å²) < 4.78 is 17.0. The Labute approximate surface area is 417 Å². The monoisotopic (exact) mass is 1010 g/mol. The first kappa shape index (κ1) is 58.8. The standard InChI is InChI=1S/C49H67N9O14/c1-30(59)41(48(67)68)57-45(64)37(21-13-14-24-52-49(69)72-29-35-19-11-6-12-20-35)55-39(61)25-53-46(65)42(31(2)70-27-33-15-7-4-8-16-33)56-40(62)26-54-47(66)43(58-44(63)36(50)22-23-38(51)60)32(3)71-28-34-17-9-5-10-18-34/h4-12,15-20,30-32,36-37,41-43,59H,13-14,21-29,50H2,1-3H3,(H2,51,60)(H,52,69)(H,53,65)(H,54,66)(H,55,61)(H,56,62)(H,57,64)(H,58,63)(H,67,68)/t30-,31-,32-,36+,37+,41+,42+,43+/m1/s1. The third-order valence-electron chi connectivity index (χ3n) is 10.8. The number of aliphatic hydroxyl groups excluding tert-OH is 1. The van der Waals surface area contributed by atoms with Gasteiger partial charge in [-0.3, -0.25) is 33.6 Å². The van der Waals surface area contributed by atoms with Crippen LogP contribution in [0, 0.1) is 0 Å². The van der Waals surface area contributed by atoms with Crippen molar-refractivity contribution in [2.45, 2.75) is 121 Å². The van der Waals surface area contributed by atoms with E-state index in [2.05, 4.69) is 37.2 Å². The van der Waals surface area contributed by atoms with Crippen LogP contribution in [0.25, 0.3) is 0 Å². The van der Waals surface area contributed by atoms with Crippen LogP contribution in [0.15, 0.2) is 91.0 Å². The number of alkyl carbamates (subject to hydrolysis) is 1. The van der Waals surface area contributed by atoms with Crippen molar-refractivity contribution in [1.29, 1.82) is 0 Å². The van der Waals surface area contributed by atoms with Gasteiger partial charge in [0.05, 0.1) is 50.7 Å². The van der Waals surface area contributed by atoms with E-state index in [0.29, 0.717) is 6.42 Å². The quantitative estimate of drug-likeness (QED) is 0.0352. The minimum atomic E-state index is -1.72. The van der Waals surface area contributed by atoms with Crippen molar-refractivity contribution in [3.05, 3.63) is 108 Å². The van der Waals surface area contributed by atoms with Crippen LogP contribution >= 0.6 is 0 Å². The van der Waals surface area contributed by atoms with E-state index in [-0.39, 0.29) is 52.0 Å². The fourth-order valence-electron chi connectivity index (χ4n) is 6.65. The van der Waals surface area contributed by atoms with Gasteiger partial charge in [-0.05, 0) is 63.1 Å². The van der Waals surface area contributed by atoms with Gasteiger partial charge in [-0.25, -0.2) is 9.59 Å². The van der Waals surface area contributed by atoms with Crippen LogP contribution in [0.3, 0.4) is 0 Å². The molecule has 3 aromatic rings. The lowest BCUT2D eigenvalue weighted by Crippen LogP contribution is -2.59. The number of aliphatic hydroxyl groups is 1. The number of carboxylic acids is 1. The minimum Gasteiger partial charge on any atom is -0.480 e. The van der Waals surface area contributed by atoms with E-state index in [9.17, 15) is 53.4 Å². The molecule has 3 aromatic carbocycles. The Balaban J connectivity index is 1.69. The van der Waals surface area contributed by atoms with Crippen LogP contribution in [0.1, 0.15) is 69.6 Å². The maximum atomic E-state index is 13.8. The number of carboxylic acid groups (broad SMARTS) is 1. The Hall–Kier alpha value is -7.47. The summed E-state index contributed by atoms with van der Waals surface area (Å²) in [5, 5.41) is 36.7. The number of benzene rings is 3. The van der Waals surface area contributed by atoms with Gasteiger partial charge in [-0.2, -0.15) is 0 Å². The molecule has 0 aliphatic rings. The fraction of sp³-hybridized carbons (Fsp3) is 0.449. The molecule has 392 valence electrons. The van der Waals surface area contributed by atoms with Crippen molar-refractivity contribution in [2.24, 2.45) is 11.5 Å². The Morgan fingerprint density at radius 2 is 1.01 bits per heavy atom. The van der Waals surface area contributed by atoms with Crippen LogP contribution in [0.2, 0.25) is 0 Å². The van der Waals surface area contributed by atoms with Gasteiger partial charge in [-0.15, -0.1) is 0 Å². The average Bonchev–Trinajstić information content (AvgIpc) is 3.36. The summed E-state index contributed by atoms with van der Waals surface area (Å²) in [7, 11) is 0. The number of primary amides is 1. The second-order valence-electron chi connectivity index (χ2n) is 16.8. The molecule has 0 radical (unpaired) electrons. The molecule has 0 aromatic heterocycles. The van der Waals surface area contributed by atoms with Crippen molar-refractivity contribution in [1.82, 2.24) is 37.2 Å². The second kappa shape index (κ2) is 31.7. The van der Waals surface area contributed by atoms with Crippen LogP contribution in [0.5, 0.6) is 0 Å². The summed E-state index contributed by atoms with van der Waals surface area (Å²) in [6.45, 7) is 2.96. The minimum absolute atomic E-state index is 0.00762. The molecule has 0 heterocycles. The number of aliphatic carboxylic acids is 1. The van der Waals surface area contributed by atoms with Gasteiger partial charge in [0.15, 0.2) is 6.04 Å². The molecule has 0 bridgehead atoms. The largest absolute Gasteiger partial charge is 0.480 e. The highest BCUT2D eigenvalue weighted by Crippen LogP contribution is 2.10. The number of carbonyl (C=O) groups excluding carboxylic acids is 8. The normalized spacial score (nSPS) is 14.2. The first-order valence-electron chi connectivity index (χ1n) is 23.3. The van der Waals surface area contributed by atoms with Crippen molar-refractivity contribution >= 4 is 53.4 Å². The number of hydrogen-bond donors (Lipinski definition) is 11. The van der Waals surface area contributed by atoms with Gasteiger partial charge < -0.3 is 73.1 Å². The van der Waals surface area contributed by atoms with Crippen LogP contribution in [0.4, 0.5) is 4.79 Å². The Bertz CT molecular complexity index is 2220. The number of hydrogen-bond acceptors (Lipinski definition) is 14. The van der Waals surface area contributed by atoms with Gasteiger partial charge >= 0.3 is 12.1 Å². The van der Waals surface area contributed by atoms with Crippen LogP contribution in [-0.2, 0) is 72.4 Å². The molecule has 23 heteroatoms. The molecule has 0 saturated heterocycles. The van der Waals surface area contributed by atoms with E-state index >= 15 is 0 Å². The molecular weight excluding hydrogens is 939 g/mol. The molecule has 0 aliphatic carbocycles. The molecule has 13 N–H and O–H groups in total. The summed E-state index contributed by atoms with van der Waals surface area (Å²) in [6.07, 6.45) is -4.02. The molecule has 72 heavy (non-hydrogen) atoms. The maximum absolute atomic E-state index is 13.8. The first-order chi connectivity index (χ1) is 34.3. The molecule has 8 atom stereocenters. The van der Waals surface area contributed by atoms with Gasteiger partial charge in [0, 0.05) is 13.0 Å². The van der Waals surface area contributed by atoms with Crippen molar-refractivity contribution in [3.63, 3.8) is 0 Å². The zero-order chi connectivity index (χ0) is 53.0. The lowest BCUT2D eigenvalue weighted by Gasteiger charge is -2.27. The van der Waals surface area contributed by atoms with E-state index < -0.39 is 115 Å². The highest BCUT2D eigenvalue weighted by atomic mass is 16.5. The Kier molecular flexibility index (Phi) is 25.9. The van der Waals surface area contributed by atoms with Gasteiger partial charge in [-0.1, -0.05) is 91.0 Å². The number of nitrogens with one attached hydrogen (secondary N) is 7. The van der Waals surface area contributed by atoms with E-state index in [4.69, 9.17) is 25.7 Å². The molecule has 8 amide bonds. The number of ether oxygens (including phenoxy) is 3. The van der Waals surface area contributed by atoms with Crippen molar-refractivity contribution in [3.8, 4) is 0 Å². The Morgan fingerprint density at radius 1 is 0.556 bits per heavy atom. The summed E-state index contributed by atoms with van der Waals surface area (Å²) in [5.41, 5.74) is 13.4. The van der Waals surface area contributed by atoms with Crippen molar-refractivity contribution in [2.75, 3.05) is 19.6 Å². The van der Waals surface area contributed by atoms with E-state index in [1.165, 1.54) is 13.8 Å². The molecule has 23 nitrogen and oxygen atoms in total. The average molecular weight is 1010 g/mol. The van der Waals surface area contributed by atoms with Gasteiger partial charge in [0.25, 0.3) is 0 Å². The van der Waals surface area contributed by atoms with E-state index in [0.717, 1.165) is 23.6 Å². The number of unbranched alkanes of at least 4 members (excludes halogenated alkanes) is 1. The topological polar surface area (TPSA) is 358 Å². The van der Waals surface area contributed by atoms with E-state index in [1.807, 2.05) is 12.1 Å². The first-order valence-corrected chi connectivity index (χ1v) is 23.3. The number of carbonyl (C=O) groups is 9. The summed E-state index contributed by atoms with van der Waals surface area (Å²) >= 11 is 0. The molecule has 0 aliphatic heterocycles. The number of amides is 8. The summed E-state index contributed by atoms with van der Waals surface area (Å²) in [4.78, 5) is 116. The SMILES string of the molecule is C[C@@H](O)[C@H](NC(=O)[C@H](CCCCNC(=O)OCc1ccccc1)NC(=O)CNC(=O)[C@@H](NC(=O)CNC(=O)[C@@H](NC(=O)[C@@H](N)CCC(N)=O)[C@@H](C)OCc1ccccc1)[C@@H](C)OCc1ccccc1)C(=O)O. The van der Waals surface area contributed by atoms with Crippen LogP contribution in [-0.4, -0.2) is 132 Å². The lowest BCUT2D eigenvalue weighted by atomic mass is 10.1. The number of rotatable bonds is 32. The summed E-state index contributed by atoms with van der Waals surface area (Å²) in [6, 6.07) is 19.7. The summed E-state index contributed by atoms with van der Waals surface area (Å²) in [5.74, 6) is -7.48. The van der Waals surface area contributed by atoms with Crippen LogP contribution < -0.4 is 48.7 Å². The van der Waals surface area contributed by atoms with Gasteiger partial charge in [0.1, 0.15) is 24.7 Å². The predicted molar refractivity (Wildman–Crippen MR) is 259 cm³/mol. The van der Waals surface area contributed by atoms with Gasteiger partial charge in [0.2, 0.25) is 41.4 Å². The highest BCUT2D eigenvalue weighted by molar-refractivity contribution is 5.95. The third kappa shape index (κ3) is 22.5. The number of nitrogens with two attached hydrogens (primary N) is 2.